The van der Waals surface area contributed by atoms with Gasteiger partial charge in [-0.2, -0.15) is 0 Å². The molecule has 0 aliphatic heterocycles. The maximum Gasteiger partial charge on any atom is 0.469 e. The highest BCUT2D eigenvalue weighted by Gasteiger charge is 2.28. The van der Waals surface area contributed by atoms with Crippen molar-refractivity contribution in [2.24, 2.45) is 0 Å². The van der Waals surface area contributed by atoms with Crippen LogP contribution in [0.3, 0.4) is 0 Å². The van der Waals surface area contributed by atoms with Crippen molar-refractivity contribution in [3.63, 3.8) is 0 Å². The van der Waals surface area contributed by atoms with Crippen molar-refractivity contribution in [1.82, 2.24) is 0 Å². The minimum atomic E-state index is -2.44. The van der Waals surface area contributed by atoms with Crippen molar-refractivity contribution in [3.8, 4) is 0 Å². The Kier molecular flexibility index (Phi) is 3.31. The minimum absolute atomic E-state index is 1.50. The second-order valence-electron chi connectivity index (χ2n) is 1.19. The molecule has 0 fully saturated rings. The molecule has 0 heterocycles. The van der Waals surface area contributed by atoms with Crippen LogP contribution in [0.4, 0.5) is 0 Å². The highest BCUT2D eigenvalue weighted by atomic mass is 35.6. The zero-order chi connectivity index (χ0) is 6.62. The van der Waals surface area contributed by atoms with Gasteiger partial charge in [-0.15, -0.1) is 6.58 Å². The summed E-state index contributed by atoms with van der Waals surface area (Å²) in [5.41, 5.74) is 1.51. The first-order valence-corrected chi connectivity index (χ1v) is 5.02. The molecule has 0 aromatic heterocycles. The quantitative estimate of drug-likeness (QED) is 0.447. The van der Waals surface area contributed by atoms with Gasteiger partial charge in [0.15, 0.2) is 0 Å². The summed E-state index contributed by atoms with van der Waals surface area (Å²) in [5.74, 6) is 0. The third kappa shape index (κ3) is 1.96. The summed E-state index contributed by atoms with van der Waals surface area (Å²) in [7, 11) is 0.574. The number of rotatable bonds is 3. The molecule has 48 valence electrons. The maximum absolute atomic E-state index is 5.67. The zero-order valence-corrected chi connectivity index (χ0v) is 6.73. The van der Waals surface area contributed by atoms with Gasteiger partial charge in [-0.1, -0.05) is 11.1 Å². The Labute approximate surface area is 55.0 Å². The third-order valence-corrected chi connectivity index (χ3v) is 3.79. The molecule has 0 N–H and O–H groups in total. The van der Waals surface area contributed by atoms with E-state index < -0.39 is 7.87 Å². The number of halogens is 1. The van der Waals surface area contributed by atoms with E-state index in [0.29, 0.717) is 0 Å². The van der Waals surface area contributed by atoms with E-state index in [1.165, 1.54) is 19.9 Å². The molecular formula is C4H9ClO2Si. The van der Waals surface area contributed by atoms with Gasteiger partial charge in [0.2, 0.25) is 0 Å². The summed E-state index contributed by atoms with van der Waals surface area (Å²) in [6.45, 7) is 3.45. The Hall–Kier alpha value is 0.167. The summed E-state index contributed by atoms with van der Waals surface area (Å²) >= 11 is 5.67. The predicted octanol–water partition coefficient (Wildman–Crippen LogP) is 1.18. The molecule has 0 bridgehead atoms. The summed E-state index contributed by atoms with van der Waals surface area (Å²) in [5, 5.41) is 0. The predicted molar refractivity (Wildman–Crippen MR) is 35.8 cm³/mol. The maximum atomic E-state index is 5.67. The van der Waals surface area contributed by atoms with Gasteiger partial charge in [0.25, 0.3) is 0 Å². The van der Waals surface area contributed by atoms with Crippen LogP contribution in [0.25, 0.3) is 0 Å². The van der Waals surface area contributed by atoms with E-state index in [0.717, 1.165) is 0 Å². The summed E-state index contributed by atoms with van der Waals surface area (Å²) in [6, 6.07) is 0. The van der Waals surface area contributed by atoms with Crippen LogP contribution in [0.1, 0.15) is 0 Å². The van der Waals surface area contributed by atoms with Crippen molar-refractivity contribution < 1.29 is 8.85 Å². The van der Waals surface area contributed by atoms with Gasteiger partial charge in [-0.3, -0.25) is 0 Å². The van der Waals surface area contributed by atoms with Crippen LogP contribution in [0, 0.1) is 0 Å². The molecule has 0 aromatic carbocycles. The first-order chi connectivity index (χ1) is 3.68. The van der Waals surface area contributed by atoms with Crippen molar-refractivity contribution >= 4 is 18.9 Å². The molecule has 0 spiro atoms. The SMILES string of the molecule is C=C[Si](Cl)(OC)OC. The number of hydrogen-bond acceptors (Lipinski definition) is 2. The zero-order valence-electron chi connectivity index (χ0n) is 4.98. The fourth-order valence-electron chi connectivity index (χ4n) is 0.250. The van der Waals surface area contributed by atoms with Gasteiger partial charge in [-0.25, -0.2) is 0 Å². The lowest BCUT2D eigenvalue weighted by Gasteiger charge is -2.13. The molecule has 0 amide bonds. The minimum Gasteiger partial charge on any atom is -0.383 e. The molecule has 0 saturated heterocycles. The summed E-state index contributed by atoms with van der Waals surface area (Å²) < 4.78 is 9.60. The molecule has 0 rings (SSSR count). The van der Waals surface area contributed by atoms with Gasteiger partial charge < -0.3 is 8.85 Å². The molecule has 0 aliphatic carbocycles. The number of hydrogen-bond donors (Lipinski definition) is 0. The van der Waals surface area contributed by atoms with E-state index in [9.17, 15) is 0 Å². The Morgan fingerprint density at radius 1 is 1.50 bits per heavy atom. The van der Waals surface area contributed by atoms with Crippen molar-refractivity contribution in [1.29, 1.82) is 0 Å². The normalized spacial score (nSPS) is 11.4. The Balaban J connectivity index is 3.76. The van der Waals surface area contributed by atoms with Gasteiger partial charge >= 0.3 is 7.87 Å². The molecule has 2 nitrogen and oxygen atoms in total. The van der Waals surface area contributed by atoms with Crippen molar-refractivity contribution in [2.75, 3.05) is 14.2 Å². The fourth-order valence-corrected chi connectivity index (χ4v) is 0.750. The highest BCUT2D eigenvalue weighted by molar-refractivity contribution is 7.15. The first-order valence-electron chi connectivity index (χ1n) is 2.11. The Morgan fingerprint density at radius 3 is 1.88 bits per heavy atom. The third-order valence-electron chi connectivity index (χ3n) is 0.800. The fraction of sp³-hybridized carbons (Fsp3) is 0.500. The molecule has 0 aromatic rings. The van der Waals surface area contributed by atoms with Crippen molar-refractivity contribution in [3.05, 3.63) is 12.3 Å². The second kappa shape index (κ2) is 3.24. The lowest BCUT2D eigenvalue weighted by Crippen LogP contribution is -2.30. The Bertz CT molecular complexity index is 82.1. The first kappa shape index (κ1) is 8.17. The van der Waals surface area contributed by atoms with Crippen LogP contribution >= 0.6 is 11.1 Å². The van der Waals surface area contributed by atoms with E-state index in [-0.39, 0.29) is 0 Å². The Morgan fingerprint density at radius 2 is 1.88 bits per heavy atom. The standard InChI is InChI=1S/C4H9ClO2Si/c1-4-8(5,6-2)7-3/h4H,1H2,2-3H3. The largest absolute Gasteiger partial charge is 0.469 e. The molecular weight excluding hydrogens is 144 g/mol. The molecule has 0 unspecified atom stereocenters. The van der Waals surface area contributed by atoms with Crippen molar-refractivity contribution in [2.45, 2.75) is 0 Å². The van der Waals surface area contributed by atoms with Gasteiger partial charge in [0, 0.05) is 14.2 Å². The topological polar surface area (TPSA) is 18.5 Å². The molecule has 0 aliphatic rings. The second-order valence-corrected chi connectivity index (χ2v) is 5.16. The lowest BCUT2D eigenvalue weighted by atomic mass is 11.3. The average Bonchev–Trinajstić information content (AvgIpc) is 1.87. The van der Waals surface area contributed by atoms with Gasteiger partial charge in [0.1, 0.15) is 0 Å². The monoisotopic (exact) mass is 152 g/mol. The smallest absolute Gasteiger partial charge is 0.383 e. The van der Waals surface area contributed by atoms with E-state index in [4.69, 9.17) is 19.9 Å². The molecule has 0 atom stereocenters. The van der Waals surface area contributed by atoms with Crippen LogP contribution in [0.15, 0.2) is 12.3 Å². The molecule has 4 heteroatoms. The highest BCUT2D eigenvalue weighted by Crippen LogP contribution is 2.09. The molecule has 8 heavy (non-hydrogen) atoms. The van der Waals surface area contributed by atoms with E-state index in [2.05, 4.69) is 6.58 Å². The average molecular weight is 153 g/mol. The lowest BCUT2D eigenvalue weighted by molar-refractivity contribution is 0.279. The van der Waals surface area contributed by atoms with E-state index in [1.807, 2.05) is 0 Å². The van der Waals surface area contributed by atoms with Gasteiger partial charge in [-0.05, 0) is 5.70 Å². The van der Waals surface area contributed by atoms with Crippen LogP contribution in [0.5, 0.6) is 0 Å². The van der Waals surface area contributed by atoms with Crippen LogP contribution < -0.4 is 0 Å². The van der Waals surface area contributed by atoms with Gasteiger partial charge in [0.05, 0.1) is 0 Å². The molecule has 0 radical (unpaired) electrons. The van der Waals surface area contributed by atoms with Crippen LogP contribution in [-0.4, -0.2) is 22.1 Å². The molecule has 0 saturated carbocycles. The van der Waals surface area contributed by atoms with E-state index >= 15 is 0 Å². The van der Waals surface area contributed by atoms with E-state index in [1.54, 1.807) is 0 Å². The van der Waals surface area contributed by atoms with Crippen LogP contribution in [0.2, 0.25) is 0 Å². The summed E-state index contributed by atoms with van der Waals surface area (Å²) in [6.07, 6.45) is 0. The van der Waals surface area contributed by atoms with Crippen LogP contribution in [-0.2, 0) is 8.85 Å². The summed E-state index contributed by atoms with van der Waals surface area (Å²) in [4.78, 5) is 0.